The molecule has 0 saturated carbocycles. The van der Waals surface area contributed by atoms with Gasteiger partial charge in [-0.3, -0.25) is 4.79 Å². The normalized spacial score (nSPS) is 18.2. The SMILES string of the molecule is COC(=O)/C=C/c1cc(F)c2c(c1)C(=O)CC1(CCN(C(=O)OC(C)(C)C)CC1)O2. The second-order valence-electron chi connectivity index (χ2n) is 8.59. The summed E-state index contributed by atoms with van der Waals surface area (Å²) in [5.74, 6) is -1.55. The van der Waals surface area contributed by atoms with Gasteiger partial charge < -0.3 is 19.1 Å². The minimum Gasteiger partial charge on any atom is -0.483 e. The summed E-state index contributed by atoms with van der Waals surface area (Å²) in [6.45, 7) is 6.12. The van der Waals surface area contributed by atoms with Crippen LogP contribution in [-0.2, 0) is 14.3 Å². The van der Waals surface area contributed by atoms with Gasteiger partial charge in [0.15, 0.2) is 17.3 Å². The zero-order valence-corrected chi connectivity index (χ0v) is 17.6. The van der Waals surface area contributed by atoms with Crippen LogP contribution in [0.5, 0.6) is 5.75 Å². The average molecular weight is 419 g/mol. The monoisotopic (exact) mass is 419 g/mol. The third-order valence-electron chi connectivity index (χ3n) is 5.11. The molecule has 2 heterocycles. The van der Waals surface area contributed by atoms with E-state index >= 15 is 0 Å². The Balaban J connectivity index is 1.75. The van der Waals surface area contributed by atoms with Gasteiger partial charge in [-0.05, 0) is 44.5 Å². The molecule has 162 valence electrons. The van der Waals surface area contributed by atoms with Crippen molar-refractivity contribution in [3.05, 3.63) is 35.2 Å². The molecule has 1 fully saturated rings. The summed E-state index contributed by atoms with van der Waals surface area (Å²) in [4.78, 5) is 37.9. The summed E-state index contributed by atoms with van der Waals surface area (Å²) in [5.41, 5.74) is -0.915. The molecule has 0 N–H and O–H groups in total. The first-order valence-corrected chi connectivity index (χ1v) is 9.82. The highest BCUT2D eigenvalue weighted by Gasteiger charge is 2.45. The Morgan fingerprint density at radius 1 is 1.23 bits per heavy atom. The number of esters is 1. The highest BCUT2D eigenvalue weighted by molar-refractivity contribution is 6.01. The number of benzene rings is 1. The van der Waals surface area contributed by atoms with Gasteiger partial charge in [-0.1, -0.05) is 0 Å². The van der Waals surface area contributed by atoms with Crippen LogP contribution in [0.1, 0.15) is 56.0 Å². The van der Waals surface area contributed by atoms with Crippen molar-refractivity contribution in [1.29, 1.82) is 0 Å². The van der Waals surface area contributed by atoms with Gasteiger partial charge in [-0.25, -0.2) is 14.0 Å². The molecule has 1 saturated heterocycles. The number of carbonyl (C=O) groups is 3. The Morgan fingerprint density at radius 3 is 2.50 bits per heavy atom. The molecule has 1 amide bonds. The van der Waals surface area contributed by atoms with E-state index < -0.39 is 29.1 Å². The van der Waals surface area contributed by atoms with Crippen molar-refractivity contribution >= 4 is 23.9 Å². The molecule has 1 aromatic carbocycles. The lowest BCUT2D eigenvalue weighted by atomic mass is 9.82. The zero-order chi connectivity index (χ0) is 22.1. The second kappa shape index (κ2) is 8.08. The Hall–Kier alpha value is -2.90. The molecule has 1 spiro atoms. The van der Waals surface area contributed by atoms with E-state index in [1.807, 2.05) is 0 Å². The molecule has 2 aliphatic heterocycles. The number of halogens is 1. The average Bonchev–Trinajstić information content (AvgIpc) is 2.66. The minimum atomic E-state index is -0.840. The Bertz CT molecular complexity index is 894. The molecule has 0 bridgehead atoms. The molecule has 8 heteroatoms. The molecule has 1 aromatic rings. The smallest absolute Gasteiger partial charge is 0.410 e. The van der Waals surface area contributed by atoms with Crippen LogP contribution < -0.4 is 4.74 Å². The number of ketones is 1. The maximum absolute atomic E-state index is 14.7. The third-order valence-corrected chi connectivity index (χ3v) is 5.11. The van der Waals surface area contributed by atoms with E-state index in [4.69, 9.17) is 9.47 Å². The van der Waals surface area contributed by atoms with Gasteiger partial charge in [-0.2, -0.15) is 0 Å². The summed E-state index contributed by atoms with van der Waals surface area (Å²) < 4.78 is 30.6. The predicted octanol–water partition coefficient (Wildman–Crippen LogP) is 3.75. The van der Waals surface area contributed by atoms with E-state index in [1.54, 1.807) is 25.7 Å². The Morgan fingerprint density at radius 2 is 1.90 bits per heavy atom. The summed E-state index contributed by atoms with van der Waals surface area (Å²) in [6, 6.07) is 2.71. The number of carbonyl (C=O) groups excluding carboxylic acids is 3. The number of piperidine rings is 1. The van der Waals surface area contributed by atoms with Gasteiger partial charge >= 0.3 is 12.1 Å². The van der Waals surface area contributed by atoms with E-state index in [0.717, 1.165) is 6.08 Å². The van der Waals surface area contributed by atoms with Crippen LogP contribution in [0.4, 0.5) is 9.18 Å². The van der Waals surface area contributed by atoms with Crippen molar-refractivity contribution in [3.8, 4) is 5.75 Å². The van der Waals surface area contributed by atoms with E-state index in [1.165, 1.54) is 25.3 Å². The standard InChI is InChI=1S/C22H26FNO6/c1-21(2,3)30-20(27)24-9-7-22(8-10-24)13-17(25)15-11-14(5-6-18(26)28-4)12-16(23)19(15)29-22/h5-6,11-12H,7-10,13H2,1-4H3/b6-5+. The maximum Gasteiger partial charge on any atom is 0.410 e. The molecule has 0 unspecified atom stereocenters. The van der Waals surface area contributed by atoms with E-state index in [9.17, 15) is 18.8 Å². The summed E-state index contributed by atoms with van der Waals surface area (Å²) in [6.07, 6.45) is 3.04. The van der Waals surface area contributed by atoms with Gasteiger partial charge in [0.25, 0.3) is 0 Å². The highest BCUT2D eigenvalue weighted by Crippen LogP contribution is 2.41. The first-order chi connectivity index (χ1) is 14.0. The number of rotatable bonds is 2. The van der Waals surface area contributed by atoms with Crippen LogP contribution >= 0.6 is 0 Å². The van der Waals surface area contributed by atoms with Crippen molar-refractivity contribution in [3.63, 3.8) is 0 Å². The molecule has 0 aromatic heterocycles. The Kier molecular flexibility index (Phi) is 5.87. The molecular formula is C22H26FNO6. The van der Waals surface area contributed by atoms with Crippen molar-refractivity contribution < 1.29 is 33.0 Å². The van der Waals surface area contributed by atoms with Crippen LogP contribution in [0.15, 0.2) is 18.2 Å². The number of likely N-dealkylation sites (tertiary alicyclic amines) is 1. The van der Waals surface area contributed by atoms with E-state index in [2.05, 4.69) is 4.74 Å². The lowest BCUT2D eigenvalue weighted by Crippen LogP contribution is -2.53. The number of hydrogen-bond acceptors (Lipinski definition) is 6. The largest absolute Gasteiger partial charge is 0.483 e. The molecule has 3 rings (SSSR count). The topological polar surface area (TPSA) is 82.1 Å². The minimum absolute atomic E-state index is 0.0767. The summed E-state index contributed by atoms with van der Waals surface area (Å²) in [5, 5.41) is 0. The van der Waals surface area contributed by atoms with Crippen LogP contribution in [0, 0.1) is 5.82 Å². The number of hydrogen-bond donors (Lipinski definition) is 0. The quantitative estimate of drug-likeness (QED) is 0.536. The predicted molar refractivity (Wildman–Crippen MR) is 107 cm³/mol. The molecule has 0 aliphatic carbocycles. The lowest BCUT2D eigenvalue weighted by molar-refractivity contribution is -0.134. The fourth-order valence-electron chi connectivity index (χ4n) is 3.60. The number of amides is 1. The fraction of sp³-hybridized carbons (Fsp3) is 0.500. The van der Waals surface area contributed by atoms with Gasteiger partial charge in [-0.15, -0.1) is 0 Å². The zero-order valence-electron chi connectivity index (χ0n) is 17.6. The molecule has 30 heavy (non-hydrogen) atoms. The third kappa shape index (κ3) is 4.80. The number of ether oxygens (including phenoxy) is 3. The summed E-state index contributed by atoms with van der Waals surface area (Å²) >= 11 is 0. The molecule has 0 atom stereocenters. The van der Waals surface area contributed by atoms with Crippen molar-refractivity contribution in [2.45, 2.75) is 51.2 Å². The highest BCUT2D eigenvalue weighted by atomic mass is 19.1. The van der Waals surface area contributed by atoms with E-state index in [-0.39, 0.29) is 23.5 Å². The van der Waals surface area contributed by atoms with Crippen molar-refractivity contribution in [2.24, 2.45) is 0 Å². The molecule has 2 aliphatic rings. The van der Waals surface area contributed by atoms with Crippen LogP contribution in [0.25, 0.3) is 6.08 Å². The maximum atomic E-state index is 14.7. The van der Waals surface area contributed by atoms with Crippen molar-refractivity contribution in [2.75, 3.05) is 20.2 Å². The van der Waals surface area contributed by atoms with Gasteiger partial charge in [0.1, 0.15) is 11.2 Å². The number of methoxy groups -OCH3 is 1. The van der Waals surface area contributed by atoms with Crippen LogP contribution in [-0.4, -0.2) is 54.1 Å². The van der Waals surface area contributed by atoms with Gasteiger partial charge in [0.05, 0.1) is 19.1 Å². The first-order valence-electron chi connectivity index (χ1n) is 9.82. The molecular weight excluding hydrogens is 393 g/mol. The van der Waals surface area contributed by atoms with Gasteiger partial charge in [0, 0.05) is 32.0 Å². The van der Waals surface area contributed by atoms with E-state index in [0.29, 0.717) is 31.5 Å². The number of nitrogens with zero attached hydrogens (tertiary/aromatic N) is 1. The molecule has 7 nitrogen and oxygen atoms in total. The number of fused-ring (bicyclic) bond motifs is 1. The summed E-state index contributed by atoms with van der Waals surface area (Å²) in [7, 11) is 1.24. The Labute approximate surface area is 174 Å². The van der Waals surface area contributed by atoms with Crippen LogP contribution in [0.3, 0.4) is 0 Å². The first kappa shape index (κ1) is 21.8. The lowest BCUT2D eigenvalue weighted by Gasteiger charge is -2.44. The second-order valence-corrected chi connectivity index (χ2v) is 8.59. The van der Waals surface area contributed by atoms with Crippen molar-refractivity contribution in [1.82, 2.24) is 4.90 Å². The number of Topliss-reactive ketones (excluding diaryl/α,β-unsaturated/α-hetero) is 1. The van der Waals surface area contributed by atoms with Crippen LogP contribution in [0.2, 0.25) is 0 Å². The van der Waals surface area contributed by atoms with Gasteiger partial charge in [0.2, 0.25) is 0 Å². The molecule has 0 radical (unpaired) electrons. The fourth-order valence-corrected chi connectivity index (χ4v) is 3.60.